The number of rotatable bonds is 6. The van der Waals surface area contributed by atoms with E-state index in [0.29, 0.717) is 42.8 Å². The zero-order valence-electron chi connectivity index (χ0n) is 20.0. The quantitative estimate of drug-likeness (QED) is 0.536. The minimum Gasteiger partial charge on any atom is -0.478 e. The first kappa shape index (κ1) is 23.8. The standard InChI is InChI=1S/C26H30ClN5O2/c1-18-5-9-21(10-6-18)30-23-17-24(29-19(2)28-23)31-13-15-32(16-14-31)25(33)26(3,4)34-22-11-7-20(27)8-12-22/h5-12,17H,13-16H2,1-4H3,(H,28,29,30). The van der Waals surface area contributed by atoms with Crippen molar-refractivity contribution in [1.82, 2.24) is 14.9 Å². The van der Waals surface area contributed by atoms with Gasteiger partial charge in [0.2, 0.25) is 0 Å². The highest BCUT2D eigenvalue weighted by atomic mass is 35.5. The van der Waals surface area contributed by atoms with Gasteiger partial charge in [-0.3, -0.25) is 4.79 Å². The van der Waals surface area contributed by atoms with Crippen molar-refractivity contribution in [3.63, 3.8) is 0 Å². The van der Waals surface area contributed by atoms with E-state index in [1.54, 1.807) is 38.1 Å². The second-order valence-electron chi connectivity index (χ2n) is 9.00. The van der Waals surface area contributed by atoms with Crippen LogP contribution >= 0.6 is 11.6 Å². The maximum Gasteiger partial charge on any atom is 0.266 e. The van der Waals surface area contributed by atoms with E-state index in [9.17, 15) is 4.79 Å². The summed E-state index contributed by atoms with van der Waals surface area (Å²) in [6.07, 6.45) is 0. The van der Waals surface area contributed by atoms with Crippen LogP contribution in [0.2, 0.25) is 5.02 Å². The molecule has 1 aromatic heterocycles. The van der Waals surface area contributed by atoms with Crippen molar-refractivity contribution in [1.29, 1.82) is 0 Å². The number of piperazine rings is 1. The molecule has 1 amide bonds. The number of amides is 1. The highest BCUT2D eigenvalue weighted by Crippen LogP contribution is 2.25. The third-order valence-corrected chi connectivity index (χ3v) is 5.99. The number of benzene rings is 2. The van der Waals surface area contributed by atoms with Crippen LogP contribution in [0.5, 0.6) is 5.75 Å². The summed E-state index contributed by atoms with van der Waals surface area (Å²) in [6, 6.07) is 17.2. The molecule has 7 nitrogen and oxygen atoms in total. The largest absolute Gasteiger partial charge is 0.478 e. The van der Waals surface area contributed by atoms with Gasteiger partial charge in [0.25, 0.3) is 5.91 Å². The number of nitrogens with one attached hydrogen (secondary N) is 1. The molecule has 0 spiro atoms. The van der Waals surface area contributed by atoms with Crippen molar-refractivity contribution in [3.05, 3.63) is 71.0 Å². The zero-order chi connectivity index (χ0) is 24.3. The topological polar surface area (TPSA) is 70.6 Å². The average molecular weight is 480 g/mol. The molecule has 1 saturated heterocycles. The van der Waals surface area contributed by atoms with Crippen LogP contribution in [0.15, 0.2) is 54.6 Å². The number of halogens is 1. The Kier molecular flexibility index (Phi) is 6.93. The monoisotopic (exact) mass is 479 g/mol. The fourth-order valence-electron chi connectivity index (χ4n) is 3.92. The van der Waals surface area contributed by atoms with E-state index in [2.05, 4.69) is 39.2 Å². The van der Waals surface area contributed by atoms with Crippen molar-refractivity contribution >= 4 is 34.8 Å². The number of carbonyl (C=O) groups excluding carboxylic acids is 1. The summed E-state index contributed by atoms with van der Waals surface area (Å²) in [7, 11) is 0. The minimum atomic E-state index is -0.980. The highest BCUT2D eigenvalue weighted by molar-refractivity contribution is 6.30. The molecule has 1 fully saturated rings. The molecule has 0 radical (unpaired) electrons. The lowest BCUT2D eigenvalue weighted by atomic mass is 10.1. The minimum absolute atomic E-state index is 0.0392. The maximum absolute atomic E-state index is 13.2. The van der Waals surface area contributed by atoms with E-state index >= 15 is 0 Å². The molecule has 1 aliphatic heterocycles. The summed E-state index contributed by atoms with van der Waals surface area (Å²) in [5.74, 6) is 2.88. The van der Waals surface area contributed by atoms with Crippen molar-refractivity contribution in [2.24, 2.45) is 0 Å². The van der Waals surface area contributed by atoms with E-state index in [-0.39, 0.29) is 5.91 Å². The van der Waals surface area contributed by atoms with Gasteiger partial charge >= 0.3 is 0 Å². The molecular formula is C26H30ClN5O2. The van der Waals surface area contributed by atoms with E-state index in [0.717, 1.165) is 17.3 Å². The molecule has 1 aliphatic rings. The number of anilines is 3. The molecule has 1 N–H and O–H groups in total. The second kappa shape index (κ2) is 9.89. The highest BCUT2D eigenvalue weighted by Gasteiger charge is 2.36. The van der Waals surface area contributed by atoms with Gasteiger partial charge in [-0.15, -0.1) is 0 Å². The van der Waals surface area contributed by atoms with Gasteiger partial charge in [0.05, 0.1) is 0 Å². The van der Waals surface area contributed by atoms with Crippen molar-refractivity contribution in [2.45, 2.75) is 33.3 Å². The molecule has 0 bridgehead atoms. The van der Waals surface area contributed by atoms with Crippen LogP contribution in [0.1, 0.15) is 25.2 Å². The molecule has 0 aliphatic carbocycles. The molecule has 2 heterocycles. The lowest BCUT2D eigenvalue weighted by Crippen LogP contribution is -2.56. The molecule has 34 heavy (non-hydrogen) atoms. The Balaban J connectivity index is 1.39. The van der Waals surface area contributed by atoms with Gasteiger partial charge in [-0.2, -0.15) is 0 Å². The van der Waals surface area contributed by atoms with Gasteiger partial charge in [-0.25, -0.2) is 9.97 Å². The molecule has 3 aromatic rings. The van der Waals surface area contributed by atoms with Crippen LogP contribution in [0.3, 0.4) is 0 Å². The predicted octanol–water partition coefficient (Wildman–Crippen LogP) is 5.00. The van der Waals surface area contributed by atoms with Crippen molar-refractivity contribution in [3.8, 4) is 5.75 Å². The molecule has 2 aromatic carbocycles. The third-order valence-electron chi connectivity index (χ3n) is 5.74. The summed E-state index contributed by atoms with van der Waals surface area (Å²) >= 11 is 5.95. The van der Waals surface area contributed by atoms with Crippen molar-refractivity contribution < 1.29 is 9.53 Å². The summed E-state index contributed by atoms with van der Waals surface area (Å²) in [6.45, 7) is 10.1. The average Bonchev–Trinajstić information content (AvgIpc) is 2.81. The zero-order valence-corrected chi connectivity index (χ0v) is 20.8. The molecule has 8 heteroatoms. The Labute approximate surface area is 205 Å². The van der Waals surface area contributed by atoms with Gasteiger partial charge in [0.1, 0.15) is 23.2 Å². The molecule has 0 atom stereocenters. The van der Waals surface area contributed by atoms with Crippen LogP contribution in [-0.2, 0) is 4.79 Å². The van der Waals surface area contributed by atoms with Crippen LogP contribution in [0.25, 0.3) is 0 Å². The number of carbonyl (C=O) groups is 1. The van der Waals surface area contributed by atoms with Crippen LogP contribution in [0.4, 0.5) is 17.3 Å². The Bertz CT molecular complexity index is 1140. The summed E-state index contributed by atoms with van der Waals surface area (Å²) < 4.78 is 5.99. The first-order valence-electron chi connectivity index (χ1n) is 11.4. The van der Waals surface area contributed by atoms with Crippen LogP contribution in [0, 0.1) is 13.8 Å². The summed E-state index contributed by atoms with van der Waals surface area (Å²) in [5.41, 5.74) is 1.21. The fraction of sp³-hybridized carbons (Fsp3) is 0.346. The second-order valence-corrected chi connectivity index (χ2v) is 9.43. The van der Waals surface area contributed by atoms with E-state index in [1.165, 1.54) is 5.56 Å². The normalized spacial score (nSPS) is 14.1. The Hall–Kier alpha value is -3.32. The predicted molar refractivity (Wildman–Crippen MR) is 136 cm³/mol. The number of ether oxygens (including phenoxy) is 1. The smallest absolute Gasteiger partial charge is 0.266 e. The summed E-state index contributed by atoms with van der Waals surface area (Å²) in [4.78, 5) is 26.4. The number of nitrogens with zero attached hydrogens (tertiary/aromatic N) is 4. The Morgan fingerprint density at radius 3 is 2.26 bits per heavy atom. The number of hydrogen-bond donors (Lipinski definition) is 1. The van der Waals surface area contributed by atoms with Crippen molar-refractivity contribution in [2.75, 3.05) is 36.4 Å². The van der Waals surface area contributed by atoms with E-state index in [1.807, 2.05) is 30.0 Å². The third kappa shape index (κ3) is 5.78. The van der Waals surface area contributed by atoms with Gasteiger partial charge < -0.3 is 19.9 Å². The van der Waals surface area contributed by atoms with E-state index in [4.69, 9.17) is 16.3 Å². The number of aromatic nitrogens is 2. The Morgan fingerprint density at radius 2 is 1.62 bits per heavy atom. The number of hydrogen-bond acceptors (Lipinski definition) is 6. The summed E-state index contributed by atoms with van der Waals surface area (Å²) in [5, 5.41) is 3.99. The maximum atomic E-state index is 13.2. The molecule has 4 rings (SSSR count). The molecule has 0 saturated carbocycles. The van der Waals surface area contributed by atoms with Gasteiger partial charge in [-0.05, 0) is 64.1 Å². The fourth-order valence-corrected chi connectivity index (χ4v) is 4.05. The SMILES string of the molecule is Cc1ccc(Nc2cc(N3CCN(C(=O)C(C)(C)Oc4ccc(Cl)cc4)CC3)nc(C)n2)cc1. The van der Waals surface area contributed by atoms with Crippen LogP contribution < -0.4 is 15.0 Å². The lowest BCUT2D eigenvalue weighted by Gasteiger charge is -2.39. The van der Waals surface area contributed by atoms with E-state index < -0.39 is 5.60 Å². The lowest BCUT2D eigenvalue weighted by molar-refractivity contribution is -0.145. The molecular weight excluding hydrogens is 450 g/mol. The molecule has 0 unspecified atom stereocenters. The molecule has 178 valence electrons. The van der Waals surface area contributed by atoms with Gasteiger partial charge in [-0.1, -0.05) is 29.3 Å². The van der Waals surface area contributed by atoms with Gasteiger partial charge in [0.15, 0.2) is 5.60 Å². The van der Waals surface area contributed by atoms with Gasteiger partial charge in [0, 0.05) is 43.0 Å². The van der Waals surface area contributed by atoms with Crippen LogP contribution in [-0.4, -0.2) is 52.6 Å². The first-order chi connectivity index (χ1) is 16.2. The first-order valence-corrected chi connectivity index (χ1v) is 11.8. The number of aryl methyl sites for hydroxylation is 2. The Morgan fingerprint density at radius 1 is 0.971 bits per heavy atom.